The molecule has 0 saturated heterocycles. The number of rotatable bonds is 3. The van der Waals surface area contributed by atoms with Crippen molar-refractivity contribution in [2.45, 2.75) is 6.92 Å². The van der Waals surface area contributed by atoms with Crippen molar-refractivity contribution in [3.8, 4) is 0 Å². The van der Waals surface area contributed by atoms with Crippen LogP contribution < -0.4 is 5.73 Å². The summed E-state index contributed by atoms with van der Waals surface area (Å²) in [6.07, 6.45) is 3.70. The second-order valence-electron chi connectivity index (χ2n) is 3.02. The van der Waals surface area contributed by atoms with Gasteiger partial charge in [0.1, 0.15) is 0 Å². The molecular formula is C11H13NO2. The first-order chi connectivity index (χ1) is 6.65. The van der Waals surface area contributed by atoms with Gasteiger partial charge in [-0.3, -0.25) is 0 Å². The van der Waals surface area contributed by atoms with Crippen molar-refractivity contribution in [3.63, 3.8) is 0 Å². The Balaban J connectivity index is 3.00. The van der Waals surface area contributed by atoms with E-state index in [0.717, 1.165) is 11.1 Å². The summed E-state index contributed by atoms with van der Waals surface area (Å²) in [5.41, 5.74) is 7.39. The largest absolute Gasteiger partial charge is 0.478 e. The van der Waals surface area contributed by atoms with Crippen molar-refractivity contribution in [2.75, 3.05) is 6.54 Å². The molecule has 0 unspecified atom stereocenters. The van der Waals surface area contributed by atoms with E-state index in [2.05, 4.69) is 0 Å². The van der Waals surface area contributed by atoms with Crippen molar-refractivity contribution < 1.29 is 9.90 Å². The van der Waals surface area contributed by atoms with Crippen LogP contribution in [0.15, 0.2) is 24.3 Å². The smallest absolute Gasteiger partial charge is 0.335 e. The van der Waals surface area contributed by atoms with E-state index < -0.39 is 5.97 Å². The standard InChI is InChI=1S/C11H13NO2/c1-8-7-9(3-2-6-12)4-5-10(8)11(13)14/h2-5,7H,6,12H2,1H3,(H,13,14). The molecule has 0 spiro atoms. The van der Waals surface area contributed by atoms with Crippen LogP contribution in [-0.4, -0.2) is 17.6 Å². The van der Waals surface area contributed by atoms with Gasteiger partial charge in [0.15, 0.2) is 0 Å². The molecule has 74 valence electrons. The van der Waals surface area contributed by atoms with Gasteiger partial charge in [-0.25, -0.2) is 4.79 Å². The number of carboxylic acid groups (broad SMARTS) is 1. The molecule has 0 radical (unpaired) electrons. The number of hydrogen-bond donors (Lipinski definition) is 2. The first kappa shape index (κ1) is 10.5. The number of aryl methyl sites for hydroxylation is 1. The van der Waals surface area contributed by atoms with Gasteiger partial charge < -0.3 is 10.8 Å². The third-order valence-corrected chi connectivity index (χ3v) is 1.93. The summed E-state index contributed by atoms with van der Waals surface area (Å²) in [5, 5.41) is 8.79. The van der Waals surface area contributed by atoms with Gasteiger partial charge in [0, 0.05) is 6.54 Å². The first-order valence-corrected chi connectivity index (χ1v) is 4.35. The van der Waals surface area contributed by atoms with E-state index in [4.69, 9.17) is 10.8 Å². The summed E-state index contributed by atoms with van der Waals surface area (Å²) in [4.78, 5) is 10.7. The number of hydrogen-bond acceptors (Lipinski definition) is 2. The van der Waals surface area contributed by atoms with Crippen LogP contribution in [0.5, 0.6) is 0 Å². The molecule has 0 atom stereocenters. The maximum atomic E-state index is 10.7. The number of carboxylic acids is 1. The summed E-state index contributed by atoms with van der Waals surface area (Å²) in [6.45, 7) is 2.27. The average molecular weight is 191 g/mol. The molecule has 3 N–H and O–H groups in total. The van der Waals surface area contributed by atoms with Crippen LogP contribution in [0.4, 0.5) is 0 Å². The Labute approximate surface area is 82.9 Å². The predicted molar refractivity (Wildman–Crippen MR) is 56.2 cm³/mol. The molecule has 0 aliphatic heterocycles. The van der Waals surface area contributed by atoms with Crippen molar-refractivity contribution in [1.29, 1.82) is 0 Å². The molecule has 14 heavy (non-hydrogen) atoms. The molecule has 0 aliphatic rings. The maximum Gasteiger partial charge on any atom is 0.335 e. The van der Waals surface area contributed by atoms with E-state index >= 15 is 0 Å². The molecule has 1 aromatic carbocycles. The molecular weight excluding hydrogens is 178 g/mol. The molecule has 0 fully saturated rings. The number of nitrogens with two attached hydrogens (primary N) is 1. The Morgan fingerprint density at radius 1 is 1.57 bits per heavy atom. The summed E-state index contributed by atoms with van der Waals surface area (Å²) in [6, 6.07) is 5.20. The van der Waals surface area contributed by atoms with E-state index in [9.17, 15) is 4.79 Å². The van der Waals surface area contributed by atoms with Crippen LogP contribution in [0.2, 0.25) is 0 Å². The number of aromatic carboxylic acids is 1. The number of carbonyl (C=O) groups is 1. The lowest BCUT2D eigenvalue weighted by Crippen LogP contribution is -1.99. The van der Waals surface area contributed by atoms with Crippen LogP contribution in [0, 0.1) is 6.92 Å². The molecule has 0 aromatic heterocycles. The second-order valence-corrected chi connectivity index (χ2v) is 3.02. The highest BCUT2D eigenvalue weighted by Crippen LogP contribution is 2.12. The SMILES string of the molecule is Cc1cc(C=CCN)ccc1C(=O)O. The highest BCUT2D eigenvalue weighted by Gasteiger charge is 2.05. The Morgan fingerprint density at radius 2 is 2.29 bits per heavy atom. The Morgan fingerprint density at radius 3 is 2.79 bits per heavy atom. The van der Waals surface area contributed by atoms with Crippen molar-refractivity contribution in [2.24, 2.45) is 5.73 Å². The van der Waals surface area contributed by atoms with E-state index in [1.165, 1.54) is 0 Å². The van der Waals surface area contributed by atoms with Gasteiger partial charge in [0.05, 0.1) is 5.56 Å². The van der Waals surface area contributed by atoms with Crippen LogP contribution >= 0.6 is 0 Å². The molecule has 1 rings (SSSR count). The van der Waals surface area contributed by atoms with Gasteiger partial charge in [-0.15, -0.1) is 0 Å². The number of benzene rings is 1. The van der Waals surface area contributed by atoms with E-state index in [1.54, 1.807) is 19.1 Å². The van der Waals surface area contributed by atoms with Gasteiger partial charge in [0.2, 0.25) is 0 Å². The molecule has 3 heteroatoms. The lowest BCUT2D eigenvalue weighted by Gasteiger charge is -2.01. The quantitative estimate of drug-likeness (QED) is 0.763. The Kier molecular flexibility index (Phi) is 3.42. The minimum Gasteiger partial charge on any atom is -0.478 e. The molecule has 0 amide bonds. The van der Waals surface area contributed by atoms with E-state index in [0.29, 0.717) is 12.1 Å². The Hall–Kier alpha value is -1.61. The lowest BCUT2D eigenvalue weighted by atomic mass is 10.1. The third kappa shape index (κ3) is 2.44. The van der Waals surface area contributed by atoms with Crippen molar-refractivity contribution >= 4 is 12.0 Å². The normalized spacial score (nSPS) is 10.7. The lowest BCUT2D eigenvalue weighted by molar-refractivity contribution is 0.0696. The molecule has 0 bridgehead atoms. The van der Waals surface area contributed by atoms with Crippen molar-refractivity contribution in [3.05, 3.63) is 41.0 Å². The second kappa shape index (κ2) is 4.58. The van der Waals surface area contributed by atoms with Crippen LogP contribution in [0.25, 0.3) is 6.08 Å². The van der Waals surface area contributed by atoms with Gasteiger partial charge in [-0.2, -0.15) is 0 Å². The van der Waals surface area contributed by atoms with Gasteiger partial charge in [0.25, 0.3) is 0 Å². The zero-order chi connectivity index (χ0) is 10.6. The minimum absolute atomic E-state index is 0.342. The van der Waals surface area contributed by atoms with Gasteiger partial charge in [-0.05, 0) is 24.1 Å². The fourth-order valence-electron chi connectivity index (χ4n) is 1.23. The monoisotopic (exact) mass is 191 g/mol. The van der Waals surface area contributed by atoms with Crippen LogP contribution in [-0.2, 0) is 0 Å². The topological polar surface area (TPSA) is 63.3 Å². The zero-order valence-corrected chi connectivity index (χ0v) is 8.03. The first-order valence-electron chi connectivity index (χ1n) is 4.35. The van der Waals surface area contributed by atoms with E-state index in [-0.39, 0.29) is 0 Å². The average Bonchev–Trinajstić information content (AvgIpc) is 2.14. The highest BCUT2D eigenvalue weighted by molar-refractivity contribution is 5.89. The molecule has 1 aromatic rings. The summed E-state index contributed by atoms with van der Waals surface area (Å²) >= 11 is 0. The molecule has 0 aliphatic carbocycles. The molecule has 3 nitrogen and oxygen atoms in total. The summed E-state index contributed by atoms with van der Waals surface area (Å²) in [5.74, 6) is -0.892. The van der Waals surface area contributed by atoms with Crippen LogP contribution in [0.1, 0.15) is 21.5 Å². The highest BCUT2D eigenvalue weighted by atomic mass is 16.4. The maximum absolute atomic E-state index is 10.7. The Bertz CT molecular complexity index is 370. The van der Waals surface area contributed by atoms with Crippen molar-refractivity contribution in [1.82, 2.24) is 0 Å². The fraction of sp³-hybridized carbons (Fsp3) is 0.182. The minimum atomic E-state index is -0.892. The molecule has 0 saturated carbocycles. The van der Waals surface area contributed by atoms with Gasteiger partial charge in [-0.1, -0.05) is 24.3 Å². The summed E-state index contributed by atoms with van der Waals surface area (Å²) in [7, 11) is 0. The molecule has 0 heterocycles. The zero-order valence-electron chi connectivity index (χ0n) is 8.03. The van der Waals surface area contributed by atoms with Crippen LogP contribution in [0.3, 0.4) is 0 Å². The van der Waals surface area contributed by atoms with Gasteiger partial charge >= 0.3 is 5.97 Å². The summed E-state index contributed by atoms with van der Waals surface area (Å²) < 4.78 is 0. The van der Waals surface area contributed by atoms with E-state index in [1.807, 2.05) is 18.2 Å². The predicted octanol–water partition coefficient (Wildman–Crippen LogP) is 1.67. The fourth-order valence-corrected chi connectivity index (χ4v) is 1.23. The third-order valence-electron chi connectivity index (χ3n) is 1.93.